The summed E-state index contributed by atoms with van der Waals surface area (Å²) >= 11 is 0. The summed E-state index contributed by atoms with van der Waals surface area (Å²) in [5.74, 6) is -0.0994. The van der Waals surface area contributed by atoms with Crippen molar-refractivity contribution in [3.63, 3.8) is 0 Å². The van der Waals surface area contributed by atoms with Crippen LogP contribution in [0, 0.1) is 6.92 Å². The fraction of sp³-hybridized carbons (Fsp3) is 0.333. The molecule has 7 nitrogen and oxygen atoms in total. The molecule has 0 saturated heterocycles. The number of pyridine rings is 1. The number of aryl methyl sites for hydroxylation is 2. The van der Waals surface area contributed by atoms with Gasteiger partial charge in [0.15, 0.2) is 0 Å². The monoisotopic (exact) mass is 336 g/mol. The molecule has 1 unspecified atom stereocenters. The molecule has 25 heavy (non-hydrogen) atoms. The summed E-state index contributed by atoms with van der Waals surface area (Å²) in [4.78, 5) is 16.7. The van der Waals surface area contributed by atoms with Crippen LogP contribution in [0.25, 0.3) is 5.69 Å². The summed E-state index contributed by atoms with van der Waals surface area (Å²) in [7, 11) is 1.79. The molecule has 4 rings (SSSR count). The van der Waals surface area contributed by atoms with Crippen molar-refractivity contribution < 1.29 is 4.79 Å². The lowest BCUT2D eigenvalue weighted by Crippen LogP contribution is -2.32. The van der Waals surface area contributed by atoms with Crippen LogP contribution in [-0.2, 0) is 13.5 Å². The number of hydrogen-bond acceptors (Lipinski definition) is 4. The van der Waals surface area contributed by atoms with Crippen LogP contribution < -0.4 is 5.32 Å². The van der Waals surface area contributed by atoms with Gasteiger partial charge in [-0.3, -0.25) is 14.5 Å². The molecule has 0 aliphatic heterocycles. The number of amides is 1. The van der Waals surface area contributed by atoms with Crippen molar-refractivity contribution in [3.8, 4) is 5.69 Å². The molecule has 1 aliphatic carbocycles. The molecule has 0 aromatic carbocycles. The van der Waals surface area contributed by atoms with Crippen LogP contribution in [0.1, 0.15) is 46.3 Å². The standard InChI is InChI=1S/C18H20N6O/c1-12-10-17(23(2)22-12)18(25)21-15-4-3-5-16-14(15)11-20-24(16)13-6-8-19-9-7-13/h6-11,15H,3-5H2,1-2H3,(H,21,25). The van der Waals surface area contributed by atoms with Gasteiger partial charge in [-0.25, -0.2) is 4.68 Å². The molecule has 7 heteroatoms. The first-order valence-electron chi connectivity index (χ1n) is 8.42. The molecule has 0 radical (unpaired) electrons. The first-order valence-corrected chi connectivity index (χ1v) is 8.42. The van der Waals surface area contributed by atoms with Crippen LogP contribution in [-0.4, -0.2) is 30.5 Å². The van der Waals surface area contributed by atoms with Crippen molar-refractivity contribution in [3.05, 3.63) is 59.4 Å². The zero-order chi connectivity index (χ0) is 17.4. The Kier molecular flexibility index (Phi) is 3.83. The minimum atomic E-state index is -0.0994. The van der Waals surface area contributed by atoms with Gasteiger partial charge in [0, 0.05) is 30.7 Å². The van der Waals surface area contributed by atoms with Gasteiger partial charge >= 0.3 is 0 Å². The molecule has 0 bridgehead atoms. The molecular formula is C18H20N6O. The molecule has 1 atom stereocenters. The van der Waals surface area contributed by atoms with Crippen LogP contribution in [0.15, 0.2) is 36.8 Å². The van der Waals surface area contributed by atoms with Gasteiger partial charge in [0.05, 0.1) is 23.6 Å². The molecular weight excluding hydrogens is 316 g/mol. The quantitative estimate of drug-likeness (QED) is 0.795. The second-order valence-electron chi connectivity index (χ2n) is 6.38. The van der Waals surface area contributed by atoms with Crippen molar-refractivity contribution in [2.24, 2.45) is 7.05 Å². The van der Waals surface area contributed by atoms with E-state index in [1.54, 1.807) is 30.2 Å². The van der Waals surface area contributed by atoms with Gasteiger partial charge in [0.25, 0.3) is 5.91 Å². The number of nitrogens with zero attached hydrogens (tertiary/aromatic N) is 5. The average Bonchev–Trinajstić information content (AvgIpc) is 3.19. The number of rotatable bonds is 3. The highest BCUT2D eigenvalue weighted by molar-refractivity contribution is 5.93. The summed E-state index contributed by atoms with van der Waals surface area (Å²) in [6, 6.07) is 5.66. The maximum atomic E-state index is 12.6. The topological polar surface area (TPSA) is 77.6 Å². The van der Waals surface area contributed by atoms with Crippen LogP contribution in [0.2, 0.25) is 0 Å². The summed E-state index contributed by atoms with van der Waals surface area (Å²) in [6.45, 7) is 1.88. The third-order valence-corrected chi connectivity index (χ3v) is 4.63. The molecule has 128 valence electrons. The van der Waals surface area contributed by atoms with E-state index in [1.807, 2.05) is 29.9 Å². The zero-order valence-corrected chi connectivity index (χ0v) is 14.3. The lowest BCUT2D eigenvalue weighted by molar-refractivity contribution is 0.0923. The van der Waals surface area contributed by atoms with Gasteiger partial charge in [-0.15, -0.1) is 0 Å². The van der Waals surface area contributed by atoms with E-state index in [-0.39, 0.29) is 11.9 Å². The third kappa shape index (κ3) is 2.82. The third-order valence-electron chi connectivity index (χ3n) is 4.63. The number of carbonyl (C=O) groups excluding carboxylic acids is 1. The second kappa shape index (κ2) is 6.16. The van der Waals surface area contributed by atoms with Gasteiger partial charge in [-0.05, 0) is 44.4 Å². The molecule has 0 fully saturated rings. The van der Waals surface area contributed by atoms with E-state index in [1.165, 1.54) is 0 Å². The first kappa shape index (κ1) is 15.6. The Hall–Kier alpha value is -2.96. The molecule has 1 N–H and O–H groups in total. The normalized spacial score (nSPS) is 16.5. The van der Waals surface area contributed by atoms with E-state index in [4.69, 9.17) is 0 Å². The van der Waals surface area contributed by atoms with Gasteiger partial charge in [-0.2, -0.15) is 10.2 Å². The lowest BCUT2D eigenvalue weighted by atomic mass is 9.92. The summed E-state index contributed by atoms with van der Waals surface area (Å²) in [6.07, 6.45) is 8.27. The van der Waals surface area contributed by atoms with Crippen molar-refractivity contribution in [2.45, 2.75) is 32.2 Å². The lowest BCUT2D eigenvalue weighted by Gasteiger charge is -2.24. The van der Waals surface area contributed by atoms with Crippen LogP contribution in [0.3, 0.4) is 0 Å². The number of carbonyl (C=O) groups is 1. The van der Waals surface area contributed by atoms with Gasteiger partial charge in [0.2, 0.25) is 0 Å². The maximum absolute atomic E-state index is 12.6. The highest BCUT2D eigenvalue weighted by atomic mass is 16.2. The Morgan fingerprint density at radius 3 is 2.84 bits per heavy atom. The predicted octanol–water partition coefficient (Wildman–Crippen LogP) is 2.12. The molecule has 3 heterocycles. The Labute approximate surface area is 145 Å². The molecule has 3 aromatic rings. The van der Waals surface area contributed by atoms with Crippen molar-refractivity contribution >= 4 is 5.91 Å². The number of fused-ring (bicyclic) bond motifs is 1. The Balaban J connectivity index is 1.61. The Morgan fingerprint density at radius 2 is 2.12 bits per heavy atom. The van der Waals surface area contributed by atoms with Crippen LogP contribution in [0.4, 0.5) is 0 Å². The van der Waals surface area contributed by atoms with Crippen molar-refractivity contribution in [2.75, 3.05) is 0 Å². The minimum absolute atomic E-state index is 0.0259. The smallest absolute Gasteiger partial charge is 0.270 e. The maximum Gasteiger partial charge on any atom is 0.270 e. The zero-order valence-electron chi connectivity index (χ0n) is 14.3. The largest absolute Gasteiger partial charge is 0.344 e. The van der Waals surface area contributed by atoms with E-state index < -0.39 is 0 Å². The van der Waals surface area contributed by atoms with E-state index in [2.05, 4.69) is 20.5 Å². The van der Waals surface area contributed by atoms with E-state index >= 15 is 0 Å². The van der Waals surface area contributed by atoms with Gasteiger partial charge in [-0.1, -0.05) is 0 Å². The molecule has 1 aliphatic rings. The summed E-state index contributed by atoms with van der Waals surface area (Å²) in [5.41, 5.74) is 4.65. The minimum Gasteiger partial charge on any atom is -0.344 e. The second-order valence-corrected chi connectivity index (χ2v) is 6.38. The fourth-order valence-electron chi connectivity index (χ4n) is 3.47. The highest BCUT2D eigenvalue weighted by Gasteiger charge is 2.27. The van der Waals surface area contributed by atoms with Crippen molar-refractivity contribution in [1.29, 1.82) is 0 Å². The molecule has 0 spiro atoms. The predicted molar refractivity (Wildman–Crippen MR) is 92.4 cm³/mol. The van der Waals surface area contributed by atoms with Crippen LogP contribution in [0.5, 0.6) is 0 Å². The molecule has 0 saturated carbocycles. The molecule has 3 aromatic heterocycles. The average molecular weight is 336 g/mol. The summed E-state index contributed by atoms with van der Waals surface area (Å²) < 4.78 is 3.57. The highest BCUT2D eigenvalue weighted by Crippen LogP contribution is 2.31. The molecule has 1 amide bonds. The van der Waals surface area contributed by atoms with E-state index in [0.717, 1.165) is 41.9 Å². The van der Waals surface area contributed by atoms with Gasteiger partial charge in [0.1, 0.15) is 5.69 Å². The SMILES string of the molecule is Cc1cc(C(=O)NC2CCCc3c2cnn3-c2ccncc2)n(C)n1. The Morgan fingerprint density at radius 1 is 1.32 bits per heavy atom. The Bertz CT molecular complexity index is 911. The van der Waals surface area contributed by atoms with Crippen LogP contribution >= 0.6 is 0 Å². The fourth-order valence-corrected chi connectivity index (χ4v) is 3.47. The van der Waals surface area contributed by atoms with Gasteiger partial charge < -0.3 is 5.32 Å². The number of hydrogen-bond donors (Lipinski definition) is 1. The summed E-state index contributed by atoms with van der Waals surface area (Å²) in [5, 5.41) is 11.9. The number of nitrogens with one attached hydrogen (secondary N) is 1. The van der Waals surface area contributed by atoms with E-state index in [9.17, 15) is 4.79 Å². The number of aromatic nitrogens is 5. The van der Waals surface area contributed by atoms with Crippen molar-refractivity contribution in [1.82, 2.24) is 29.9 Å². The van der Waals surface area contributed by atoms with E-state index in [0.29, 0.717) is 5.69 Å². The first-order chi connectivity index (χ1) is 12.1.